The van der Waals surface area contributed by atoms with Gasteiger partial charge in [0.1, 0.15) is 30.5 Å². The van der Waals surface area contributed by atoms with Gasteiger partial charge in [-0.25, -0.2) is 4.18 Å². The minimum Gasteiger partial charge on any atom is -0.457 e. The van der Waals surface area contributed by atoms with E-state index in [4.69, 9.17) is 23.5 Å². The molecule has 0 aromatic heterocycles. The van der Waals surface area contributed by atoms with Crippen LogP contribution in [0.5, 0.6) is 0 Å². The predicted molar refractivity (Wildman–Crippen MR) is 160 cm³/mol. The Hall–Kier alpha value is -1.42. The number of esters is 1. The highest BCUT2D eigenvalue weighted by molar-refractivity contribution is 7.80. The first-order valence-corrected chi connectivity index (χ1v) is 17.0. The van der Waals surface area contributed by atoms with Crippen LogP contribution in [0.4, 0.5) is 0 Å². The highest BCUT2D eigenvalue weighted by Gasteiger charge is 2.48. The molecule has 0 aromatic rings. The number of aliphatic hydroxyl groups is 3. The number of ether oxygens (including phenoxy) is 4. The summed E-state index contributed by atoms with van der Waals surface area (Å²) < 4.78 is 57.9. The Morgan fingerprint density at radius 2 is 1.56 bits per heavy atom. The lowest BCUT2D eigenvalue weighted by Gasteiger charge is -2.41. The molecular weight excluding hydrogens is 584 g/mol. The third-order valence-corrected chi connectivity index (χ3v) is 7.27. The van der Waals surface area contributed by atoms with E-state index in [1.807, 2.05) is 6.92 Å². The van der Waals surface area contributed by atoms with Crippen LogP contribution < -0.4 is 0 Å². The van der Waals surface area contributed by atoms with Crippen molar-refractivity contribution in [2.75, 3.05) is 26.4 Å². The van der Waals surface area contributed by atoms with Crippen molar-refractivity contribution in [3.8, 4) is 0 Å². The van der Waals surface area contributed by atoms with E-state index in [0.717, 1.165) is 51.4 Å². The number of carbonyl (C=O) groups is 1. The van der Waals surface area contributed by atoms with E-state index in [0.29, 0.717) is 13.0 Å². The van der Waals surface area contributed by atoms with Crippen molar-refractivity contribution < 1.29 is 56.2 Å². The van der Waals surface area contributed by atoms with Crippen molar-refractivity contribution in [3.63, 3.8) is 0 Å². The molecule has 4 N–H and O–H groups in total. The van der Waals surface area contributed by atoms with Gasteiger partial charge in [0.25, 0.3) is 0 Å². The fourth-order valence-electron chi connectivity index (χ4n) is 4.39. The highest BCUT2D eigenvalue weighted by atomic mass is 32.3. The monoisotopic (exact) mass is 638 g/mol. The number of hydrogen-bond acceptors (Lipinski definition) is 11. The molecule has 43 heavy (non-hydrogen) atoms. The molecule has 252 valence electrons. The second kappa shape index (κ2) is 23.9. The summed E-state index contributed by atoms with van der Waals surface area (Å²) >= 11 is 0. The molecule has 6 atom stereocenters. The van der Waals surface area contributed by atoms with Gasteiger partial charge in [0.15, 0.2) is 6.29 Å². The van der Waals surface area contributed by atoms with Crippen molar-refractivity contribution >= 4 is 16.4 Å². The molecule has 12 nitrogen and oxygen atoms in total. The molecule has 0 radical (unpaired) electrons. The summed E-state index contributed by atoms with van der Waals surface area (Å²) in [6.07, 6.45) is 12.2. The van der Waals surface area contributed by atoms with Crippen molar-refractivity contribution in [1.82, 2.24) is 0 Å². The van der Waals surface area contributed by atoms with Gasteiger partial charge in [0.05, 0.1) is 19.8 Å². The number of allylic oxidation sites excluding steroid dienone is 4. The number of rotatable bonds is 25. The Morgan fingerprint density at radius 3 is 2.21 bits per heavy atom. The Kier molecular flexibility index (Phi) is 22.0. The highest BCUT2D eigenvalue weighted by Crippen LogP contribution is 2.25. The topological polar surface area (TPSA) is 178 Å². The molecule has 1 aliphatic heterocycles. The molecule has 1 aliphatic rings. The van der Waals surface area contributed by atoms with E-state index in [1.54, 1.807) is 0 Å². The van der Waals surface area contributed by atoms with Gasteiger partial charge in [-0.1, -0.05) is 76.7 Å². The second-order valence-corrected chi connectivity index (χ2v) is 11.7. The number of carbonyl (C=O) groups excluding carboxylic acids is 1. The van der Waals surface area contributed by atoms with Crippen LogP contribution >= 0.6 is 0 Å². The van der Waals surface area contributed by atoms with E-state index < -0.39 is 59.8 Å². The van der Waals surface area contributed by atoms with Gasteiger partial charge in [-0.15, -0.1) is 0 Å². The maximum absolute atomic E-state index is 12.2. The van der Waals surface area contributed by atoms with Gasteiger partial charge in [-0.05, 0) is 38.5 Å². The van der Waals surface area contributed by atoms with Gasteiger partial charge in [0, 0.05) is 13.0 Å². The summed E-state index contributed by atoms with van der Waals surface area (Å²) in [6.45, 7) is 3.58. The summed E-state index contributed by atoms with van der Waals surface area (Å²) in [5.74, 6) is -0.441. The SMILES string of the molecule is CCC/C=C\C/C=C\CCCCCCCCOCC(COC1OC(CO)C(O)C(OS(=O)(=O)O)C1O)OC(=O)CCCC. The molecule has 1 heterocycles. The van der Waals surface area contributed by atoms with Gasteiger partial charge >= 0.3 is 16.4 Å². The second-order valence-electron chi connectivity index (χ2n) is 10.7. The lowest BCUT2D eigenvalue weighted by molar-refractivity contribution is -0.301. The van der Waals surface area contributed by atoms with Crippen LogP contribution in [-0.2, 0) is 38.3 Å². The van der Waals surface area contributed by atoms with Gasteiger partial charge < -0.3 is 34.3 Å². The summed E-state index contributed by atoms with van der Waals surface area (Å²) in [7, 11) is -5.04. The Labute approximate surface area is 257 Å². The molecular formula is C30H54O12S. The molecule has 6 unspecified atom stereocenters. The fourth-order valence-corrected chi connectivity index (χ4v) is 4.90. The average molecular weight is 639 g/mol. The van der Waals surface area contributed by atoms with Crippen LogP contribution in [0.15, 0.2) is 24.3 Å². The van der Waals surface area contributed by atoms with Gasteiger partial charge in [-0.3, -0.25) is 9.35 Å². The molecule has 0 aromatic carbocycles. The lowest BCUT2D eigenvalue weighted by Crippen LogP contribution is -2.60. The molecule has 0 spiro atoms. The van der Waals surface area contributed by atoms with Gasteiger partial charge in [-0.2, -0.15) is 8.42 Å². The smallest absolute Gasteiger partial charge is 0.397 e. The number of unbranched alkanes of at least 4 members (excludes halogenated alkanes) is 8. The average Bonchev–Trinajstić information content (AvgIpc) is 2.96. The molecule has 13 heteroatoms. The maximum atomic E-state index is 12.2. The molecule has 0 amide bonds. The normalized spacial score (nSPS) is 23.7. The minimum atomic E-state index is -5.04. The Bertz CT molecular complexity index is 878. The summed E-state index contributed by atoms with van der Waals surface area (Å²) in [4.78, 5) is 12.2. The molecule has 1 rings (SSSR count). The van der Waals surface area contributed by atoms with Crippen LogP contribution in [-0.4, -0.2) is 97.5 Å². The van der Waals surface area contributed by atoms with Crippen molar-refractivity contribution in [2.24, 2.45) is 0 Å². The van der Waals surface area contributed by atoms with E-state index in [1.165, 1.54) is 19.3 Å². The third kappa shape index (κ3) is 18.9. The first-order valence-electron chi connectivity index (χ1n) is 15.6. The maximum Gasteiger partial charge on any atom is 0.397 e. The quantitative estimate of drug-likeness (QED) is 0.0493. The Morgan fingerprint density at radius 1 is 0.884 bits per heavy atom. The van der Waals surface area contributed by atoms with Crippen LogP contribution in [0.2, 0.25) is 0 Å². The van der Waals surface area contributed by atoms with Crippen molar-refractivity contribution in [2.45, 2.75) is 134 Å². The molecule has 0 aliphatic carbocycles. The van der Waals surface area contributed by atoms with Crippen molar-refractivity contribution in [1.29, 1.82) is 0 Å². The molecule has 0 bridgehead atoms. The molecule has 1 fully saturated rings. The zero-order valence-electron chi connectivity index (χ0n) is 25.8. The number of aliphatic hydroxyl groups excluding tert-OH is 3. The third-order valence-electron chi connectivity index (χ3n) is 6.81. The fraction of sp³-hybridized carbons (Fsp3) is 0.833. The zero-order chi connectivity index (χ0) is 31.9. The summed E-state index contributed by atoms with van der Waals surface area (Å²) in [5.41, 5.74) is 0. The van der Waals surface area contributed by atoms with Crippen LogP contribution in [0.25, 0.3) is 0 Å². The Balaban J connectivity index is 2.43. The number of hydrogen-bond donors (Lipinski definition) is 4. The van der Waals surface area contributed by atoms with Crippen LogP contribution in [0.3, 0.4) is 0 Å². The predicted octanol–water partition coefficient (Wildman–Crippen LogP) is 3.78. The van der Waals surface area contributed by atoms with E-state index in [9.17, 15) is 28.5 Å². The molecule has 1 saturated heterocycles. The largest absolute Gasteiger partial charge is 0.457 e. The minimum absolute atomic E-state index is 0.0254. The van der Waals surface area contributed by atoms with Crippen LogP contribution in [0, 0.1) is 0 Å². The zero-order valence-corrected chi connectivity index (χ0v) is 26.6. The summed E-state index contributed by atoms with van der Waals surface area (Å²) in [5, 5.41) is 30.1. The standard InChI is InChI=1S/C30H54O12S/c1-3-5-7-8-9-10-11-12-13-14-15-16-17-18-20-38-22-24(40-26(32)19-6-4-2)23-39-30-28(34)29(42-43(35,36)37)27(33)25(21-31)41-30/h7-8,10-11,24-25,27-31,33-34H,3-6,9,12-23H2,1-2H3,(H,35,36,37)/b8-7-,11-10-. The molecule has 0 saturated carbocycles. The first kappa shape index (κ1) is 39.6. The van der Waals surface area contributed by atoms with Crippen LogP contribution in [0.1, 0.15) is 97.3 Å². The van der Waals surface area contributed by atoms with E-state index in [2.05, 4.69) is 35.4 Å². The summed E-state index contributed by atoms with van der Waals surface area (Å²) in [6, 6.07) is 0. The van der Waals surface area contributed by atoms with E-state index in [-0.39, 0.29) is 19.6 Å². The van der Waals surface area contributed by atoms with Crippen molar-refractivity contribution in [3.05, 3.63) is 24.3 Å². The lowest BCUT2D eigenvalue weighted by atomic mass is 9.99. The van der Waals surface area contributed by atoms with E-state index >= 15 is 0 Å². The van der Waals surface area contributed by atoms with Gasteiger partial charge in [0.2, 0.25) is 0 Å². The first-order chi connectivity index (χ1) is 20.6.